The maximum atomic E-state index is 13.2. The average molecular weight is 339 g/mol. The van der Waals surface area contributed by atoms with Gasteiger partial charge in [-0.1, -0.05) is 36.4 Å². The number of fused-ring (bicyclic) bond motifs is 1. The molecule has 2 amide bonds. The van der Waals surface area contributed by atoms with Crippen molar-refractivity contribution in [3.05, 3.63) is 66.0 Å². The molecule has 2 aliphatic heterocycles. The zero-order chi connectivity index (χ0) is 17.2. The number of benzene rings is 2. The van der Waals surface area contributed by atoms with Gasteiger partial charge in [-0.25, -0.2) is 9.18 Å². The highest BCUT2D eigenvalue weighted by atomic mass is 19.1. The minimum absolute atomic E-state index is 0.130. The monoisotopic (exact) mass is 339 g/mol. The van der Waals surface area contributed by atoms with E-state index in [0.717, 1.165) is 32.7 Å². The van der Waals surface area contributed by atoms with Crippen LogP contribution in [0.5, 0.6) is 0 Å². The van der Waals surface area contributed by atoms with Crippen LogP contribution in [0.3, 0.4) is 0 Å². The standard InChI is InChI=1S/C20H22FN3O/c21-18-7-4-8-19(9-18)22-20(25)24-13-16-11-23(12-17(16)14-24)10-15-5-2-1-3-6-15/h1-9,16-17H,10-14H2,(H,22,25)/t16-,17+. The van der Waals surface area contributed by atoms with Crippen LogP contribution in [0.15, 0.2) is 54.6 Å². The van der Waals surface area contributed by atoms with Gasteiger partial charge in [0, 0.05) is 38.4 Å². The van der Waals surface area contributed by atoms with Crippen LogP contribution in [0.25, 0.3) is 0 Å². The number of nitrogens with one attached hydrogen (secondary N) is 1. The molecule has 0 spiro atoms. The Bertz CT molecular complexity index is 738. The van der Waals surface area contributed by atoms with E-state index in [-0.39, 0.29) is 11.8 Å². The third-order valence-electron chi connectivity index (χ3n) is 5.17. The molecular formula is C20H22FN3O. The van der Waals surface area contributed by atoms with Crippen molar-refractivity contribution in [2.75, 3.05) is 31.5 Å². The van der Waals surface area contributed by atoms with E-state index in [1.165, 1.54) is 17.7 Å². The van der Waals surface area contributed by atoms with Crippen LogP contribution >= 0.6 is 0 Å². The highest BCUT2D eigenvalue weighted by Gasteiger charge is 2.41. The first-order valence-corrected chi connectivity index (χ1v) is 8.75. The van der Waals surface area contributed by atoms with Crippen molar-refractivity contribution in [2.45, 2.75) is 6.54 Å². The van der Waals surface area contributed by atoms with Crippen LogP contribution in [0.4, 0.5) is 14.9 Å². The Morgan fingerprint density at radius 2 is 1.72 bits per heavy atom. The van der Waals surface area contributed by atoms with E-state index >= 15 is 0 Å². The molecule has 2 heterocycles. The van der Waals surface area contributed by atoms with Gasteiger partial charge in [0.1, 0.15) is 5.82 Å². The van der Waals surface area contributed by atoms with E-state index in [2.05, 4.69) is 34.5 Å². The van der Waals surface area contributed by atoms with E-state index < -0.39 is 0 Å². The largest absolute Gasteiger partial charge is 0.324 e. The highest BCUT2D eigenvalue weighted by Crippen LogP contribution is 2.32. The molecule has 0 bridgehead atoms. The summed E-state index contributed by atoms with van der Waals surface area (Å²) in [7, 11) is 0. The SMILES string of the molecule is O=C(Nc1cccc(F)c1)N1C[C@H]2CN(Cc3ccccc3)C[C@H]2C1. The second-order valence-corrected chi connectivity index (χ2v) is 7.05. The van der Waals surface area contributed by atoms with Crippen molar-refractivity contribution in [2.24, 2.45) is 11.8 Å². The number of nitrogens with zero attached hydrogens (tertiary/aromatic N) is 2. The molecule has 5 heteroatoms. The quantitative estimate of drug-likeness (QED) is 0.930. The van der Waals surface area contributed by atoms with E-state index in [4.69, 9.17) is 0 Å². The van der Waals surface area contributed by atoms with E-state index in [0.29, 0.717) is 17.5 Å². The van der Waals surface area contributed by atoms with Crippen molar-refractivity contribution in [1.82, 2.24) is 9.80 Å². The number of urea groups is 1. The summed E-state index contributed by atoms with van der Waals surface area (Å²) in [5.41, 5.74) is 1.84. The lowest BCUT2D eigenvalue weighted by Crippen LogP contribution is -2.36. The number of rotatable bonds is 3. The predicted molar refractivity (Wildman–Crippen MR) is 95.7 cm³/mol. The van der Waals surface area contributed by atoms with Gasteiger partial charge >= 0.3 is 6.03 Å². The van der Waals surface area contributed by atoms with E-state index in [1.807, 2.05) is 11.0 Å². The normalized spacial score (nSPS) is 22.8. The number of hydrogen-bond donors (Lipinski definition) is 1. The Balaban J connectivity index is 1.31. The summed E-state index contributed by atoms with van der Waals surface area (Å²) in [5, 5.41) is 2.80. The van der Waals surface area contributed by atoms with Crippen molar-refractivity contribution in [3.8, 4) is 0 Å². The van der Waals surface area contributed by atoms with Gasteiger partial charge in [0.2, 0.25) is 0 Å². The first kappa shape index (κ1) is 16.1. The van der Waals surface area contributed by atoms with Crippen molar-refractivity contribution < 1.29 is 9.18 Å². The molecule has 2 aliphatic rings. The lowest BCUT2D eigenvalue weighted by Gasteiger charge is -2.22. The molecule has 0 saturated carbocycles. The number of amides is 2. The molecule has 2 aromatic rings. The number of halogens is 1. The van der Waals surface area contributed by atoms with Crippen LogP contribution in [-0.2, 0) is 6.54 Å². The zero-order valence-electron chi connectivity index (χ0n) is 14.1. The van der Waals surface area contributed by atoms with Gasteiger partial charge in [-0.05, 0) is 35.6 Å². The van der Waals surface area contributed by atoms with Gasteiger partial charge in [-0.3, -0.25) is 4.90 Å². The van der Waals surface area contributed by atoms with Gasteiger partial charge in [0.05, 0.1) is 0 Å². The highest BCUT2D eigenvalue weighted by molar-refractivity contribution is 5.89. The molecule has 4 rings (SSSR count). The van der Waals surface area contributed by atoms with Gasteiger partial charge in [-0.2, -0.15) is 0 Å². The number of carbonyl (C=O) groups is 1. The molecule has 0 radical (unpaired) electrons. The maximum absolute atomic E-state index is 13.2. The molecule has 0 aromatic heterocycles. The molecule has 1 N–H and O–H groups in total. The summed E-state index contributed by atoms with van der Waals surface area (Å²) in [6, 6.07) is 16.4. The molecule has 2 aromatic carbocycles. The summed E-state index contributed by atoms with van der Waals surface area (Å²) < 4.78 is 13.2. The molecule has 2 fully saturated rings. The lowest BCUT2D eigenvalue weighted by atomic mass is 10.0. The van der Waals surface area contributed by atoms with Gasteiger partial charge < -0.3 is 10.2 Å². The Hall–Kier alpha value is -2.40. The van der Waals surface area contributed by atoms with Crippen molar-refractivity contribution in [1.29, 1.82) is 0 Å². The van der Waals surface area contributed by atoms with E-state index in [1.54, 1.807) is 12.1 Å². The van der Waals surface area contributed by atoms with Gasteiger partial charge in [-0.15, -0.1) is 0 Å². The van der Waals surface area contributed by atoms with Crippen LogP contribution in [0, 0.1) is 17.7 Å². The zero-order valence-corrected chi connectivity index (χ0v) is 14.1. The maximum Gasteiger partial charge on any atom is 0.321 e. The molecule has 0 unspecified atom stereocenters. The Morgan fingerprint density at radius 1 is 1.00 bits per heavy atom. The molecule has 4 nitrogen and oxygen atoms in total. The van der Waals surface area contributed by atoms with Crippen molar-refractivity contribution in [3.63, 3.8) is 0 Å². The molecule has 2 atom stereocenters. The third-order valence-corrected chi connectivity index (χ3v) is 5.17. The van der Waals surface area contributed by atoms with Crippen LogP contribution in [-0.4, -0.2) is 42.0 Å². The van der Waals surface area contributed by atoms with Crippen LogP contribution in [0.1, 0.15) is 5.56 Å². The summed E-state index contributed by atoms with van der Waals surface area (Å²) in [6.45, 7) is 4.59. The van der Waals surface area contributed by atoms with E-state index in [9.17, 15) is 9.18 Å². The van der Waals surface area contributed by atoms with Gasteiger partial charge in [0.15, 0.2) is 0 Å². The van der Waals surface area contributed by atoms with Gasteiger partial charge in [0.25, 0.3) is 0 Å². The fourth-order valence-electron chi connectivity index (χ4n) is 4.00. The third kappa shape index (κ3) is 3.66. The second kappa shape index (κ2) is 6.84. The fraction of sp³-hybridized carbons (Fsp3) is 0.350. The first-order chi connectivity index (χ1) is 12.2. The van der Waals surface area contributed by atoms with Crippen LogP contribution < -0.4 is 5.32 Å². The summed E-state index contributed by atoms with van der Waals surface area (Å²) in [6.07, 6.45) is 0. The number of anilines is 1. The van der Waals surface area contributed by atoms with Crippen molar-refractivity contribution >= 4 is 11.7 Å². The molecular weight excluding hydrogens is 317 g/mol. The summed E-state index contributed by atoms with van der Waals surface area (Å²) in [5.74, 6) is 0.719. The molecule has 0 aliphatic carbocycles. The topological polar surface area (TPSA) is 35.6 Å². The Labute approximate surface area is 147 Å². The Morgan fingerprint density at radius 3 is 2.40 bits per heavy atom. The minimum Gasteiger partial charge on any atom is -0.324 e. The average Bonchev–Trinajstić information content (AvgIpc) is 3.14. The smallest absolute Gasteiger partial charge is 0.321 e. The second-order valence-electron chi connectivity index (χ2n) is 7.05. The fourth-order valence-corrected chi connectivity index (χ4v) is 4.00. The lowest BCUT2D eigenvalue weighted by molar-refractivity contribution is 0.212. The predicted octanol–water partition coefficient (Wildman–Crippen LogP) is 3.42. The summed E-state index contributed by atoms with van der Waals surface area (Å²) in [4.78, 5) is 16.7. The molecule has 25 heavy (non-hydrogen) atoms. The Kier molecular flexibility index (Phi) is 4.40. The first-order valence-electron chi connectivity index (χ1n) is 8.75. The number of likely N-dealkylation sites (tertiary alicyclic amines) is 2. The minimum atomic E-state index is -0.340. The number of carbonyl (C=O) groups excluding carboxylic acids is 1. The number of hydrogen-bond acceptors (Lipinski definition) is 2. The molecule has 2 saturated heterocycles. The van der Waals surface area contributed by atoms with Crippen LogP contribution in [0.2, 0.25) is 0 Å². The summed E-state index contributed by atoms with van der Waals surface area (Å²) >= 11 is 0. The molecule has 130 valence electrons.